The zero-order valence-corrected chi connectivity index (χ0v) is 14.9. The van der Waals surface area contributed by atoms with Crippen LogP contribution < -0.4 is 20.9 Å². The number of carbonyl (C=O) groups excluding carboxylic acids is 1. The highest BCUT2D eigenvalue weighted by Crippen LogP contribution is 2.20. The van der Waals surface area contributed by atoms with Gasteiger partial charge in [0.05, 0.1) is 17.6 Å². The average molecular weight is 366 g/mol. The Bertz CT molecular complexity index is 929. The lowest BCUT2D eigenvalue weighted by atomic mass is 10.2. The van der Waals surface area contributed by atoms with Gasteiger partial charge >= 0.3 is 6.03 Å². The Balaban J connectivity index is 1.61. The predicted molar refractivity (Wildman–Crippen MR) is 105 cm³/mol. The summed E-state index contributed by atoms with van der Waals surface area (Å²) in [6.07, 6.45) is 1.67. The van der Waals surface area contributed by atoms with E-state index < -0.39 is 11.8 Å². The quantitative estimate of drug-likeness (QED) is 0.634. The molecule has 0 aliphatic rings. The summed E-state index contributed by atoms with van der Waals surface area (Å²) in [4.78, 5) is 13.9. The van der Waals surface area contributed by atoms with Crippen molar-refractivity contribution in [3.05, 3.63) is 66.6 Å². The van der Waals surface area contributed by atoms with Gasteiger partial charge in [0.2, 0.25) is 0 Å². The van der Waals surface area contributed by atoms with E-state index in [1.807, 2.05) is 25.1 Å². The van der Waals surface area contributed by atoms with Gasteiger partial charge in [-0.2, -0.15) is 5.10 Å². The number of nitrogens with one attached hydrogen (secondary N) is 3. The fourth-order valence-electron chi connectivity index (χ4n) is 2.29. The lowest BCUT2D eigenvalue weighted by molar-refractivity contribution is 0.262. The maximum absolute atomic E-state index is 13.6. The standard InChI is InChI=1S/C19H19FN6O/c1-26(2)15-11-18(25-21-12-15)22-13-7-9-14(10-8-13)23-19(27)24-17-6-4-3-5-16(17)20/h3-12H,1-2H3,(H,22,25)(H2,23,24,27). The second-order valence-corrected chi connectivity index (χ2v) is 5.95. The smallest absolute Gasteiger partial charge is 0.323 e. The zero-order chi connectivity index (χ0) is 19.2. The average Bonchev–Trinajstić information content (AvgIpc) is 2.65. The molecule has 0 saturated heterocycles. The summed E-state index contributed by atoms with van der Waals surface area (Å²) in [6.45, 7) is 0. The highest BCUT2D eigenvalue weighted by atomic mass is 19.1. The van der Waals surface area contributed by atoms with Crippen molar-refractivity contribution < 1.29 is 9.18 Å². The molecule has 8 heteroatoms. The van der Waals surface area contributed by atoms with Crippen molar-refractivity contribution in [2.45, 2.75) is 0 Å². The van der Waals surface area contributed by atoms with E-state index in [2.05, 4.69) is 26.1 Å². The number of nitrogens with zero attached hydrogens (tertiary/aromatic N) is 3. The molecule has 0 unspecified atom stereocenters. The van der Waals surface area contributed by atoms with E-state index in [0.29, 0.717) is 11.5 Å². The number of amides is 2. The van der Waals surface area contributed by atoms with Crippen molar-refractivity contribution in [1.29, 1.82) is 0 Å². The monoisotopic (exact) mass is 366 g/mol. The van der Waals surface area contributed by atoms with Gasteiger partial charge in [-0.1, -0.05) is 12.1 Å². The van der Waals surface area contributed by atoms with Crippen LogP contribution in [0, 0.1) is 5.82 Å². The molecule has 1 aromatic heterocycles. The van der Waals surface area contributed by atoms with Crippen LogP contribution in [0.1, 0.15) is 0 Å². The summed E-state index contributed by atoms with van der Waals surface area (Å²) < 4.78 is 13.6. The number of carbonyl (C=O) groups is 1. The van der Waals surface area contributed by atoms with Gasteiger partial charge in [0.1, 0.15) is 5.82 Å². The second kappa shape index (κ2) is 8.13. The van der Waals surface area contributed by atoms with Crippen molar-refractivity contribution in [2.24, 2.45) is 0 Å². The number of hydrogen-bond acceptors (Lipinski definition) is 5. The number of hydrogen-bond donors (Lipinski definition) is 3. The van der Waals surface area contributed by atoms with Crippen LogP contribution in [0.25, 0.3) is 0 Å². The number of para-hydroxylation sites is 1. The van der Waals surface area contributed by atoms with Crippen LogP contribution >= 0.6 is 0 Å². The third-order valence-electron chi connectivity index (χ3n) is 3.69. The number of benzene rings is 2. The van der Waals surface area contributed by atoms with E-state index in [1.165, 1.54) is 12.1 Å². The van der Waals surface area contributed by atoms with Gasteiger partial charge in [-0.05, 0) is 36.4 Å². The van der Waals surface area contributed by atoms with Crippen molar-refractivity contribution in [2.75, 3.05) is 34.9 Å². The molecule has 3 aromatic rings. The van der Waals surface area contributed by atoms with Gasteiger partial charge in [-0.15, -0.1) is 5.10 Å². The first kappa shape index (κ1) is 18.1. The number of urea groups is 1. The molecule has 0 saturated carbocycles. The van der Waals surface area contributed by atoms with Crippen molar-refractivity contribution in [1.82, 2.24) is 10.2 Å². The van der Waals surface area contributed by atoms with Crippen LogP contribution in [0.4, 0.5) is 37.8 Å². The van der Waals surface area contributed by atoms with E-state index >= 15 is 0 Å². The first-order chi connectivity index (χ1) is 13.0. The minimum absolute atomic E-state index is 0.118. The van der Waals surface area contributed by atoms with Crippen LogP contribution in [0.5, 0.6) is 0 Å². The molecule has 0 atom stereocenters. The molecule has 3 rings (SSSR count). The molecule has 0 aliphatic heterocycles. The van der Waals surface area contributed by atoms with E-state index in [4.69, 9.17) is 0 Å². The topological polar surface area (TPSA) is 82.2 Å². The maximum atomic E-state index is 13.6. The van der Waals surface area contributed by atoms with Crippen LogP contribution in [0.2, 0.25) is 0 Å². The first-order valence-corrected chi connectivity index (χ1v) is 8.21. The summed E-state index contributed by atoms with van der Waals surface area (Å²) in [7, 11) is 3.85. The van der Waals surface area contributed by atoms with Crippen LogP contribution in [-0.4, -0.2) is 30.3 Å². The fourth-order valence-corrected chi connectivity index (χ4v) is 2.29. The van der Waals surface area contributed by atoms with E-state index in [0.717, 1.165) is 11.4 Å². The third-order valence-corrected chi connectivity index (χ3v) is 3.69. The van der Waals surface area contributed by atoms with Gasteiger partial charge in [0, 0.05) is 31.5 Å². The van der Waals surface area contributed by atoms with Crippen LogP contribution in [0.15, 0.2) is 60.8 Å². The van der Waals surface area contributed by atoms with Crippen LogP contribution in [-0.2, 0) is 0 Å². The Morgan fingerprint density at radius 3 is 2.41 bits per heavy atom. The fraction of sp³-hybridized carbons (Fsp3) is 0.105. The normalized spacial score (nSPS) is 10.2. The van der Waals surface area contributed by atoms with E-state index in [-0.39, 0.29) is 5.69 Å². The summed E-state index contributed by atoms with van der Waals surface area (Å²) in [5.41, 5.74) is 2.41. The lowest BCUT2D eigenvalue weighted by Crippen LogP contribution is -2.20. The molecule has 0 spiro atoms. The Morgan fingerprint density at radius 1 is 1.00 bits per heavy atom. The van der Waals surface area contributed by atoms with Crippen molar-refractivity contribution >= 4 is 34.6 Å². The van der Waals surface area contributed by atoms with E-state index in [1.54, 1.807) is 42.6 Å². The van der Waals surface area contributed by atoms with Gasteiger partial charge in [-0.25, -0.2) is 9.18 Å². The SMILES string of the molecule is CN(C)c1cnnc(Nc2ccc(NC(=O)Nc3ccccc3F)cc2)c1. The minimum Gasteiger partial charge on any atom is -0.376 e. The summed E-state index contributed by atoms with van der Waals surface area (Å²) in [5, 5.41) is 16.3. The Morgan fingerprint density at radius 2 is 1.70 bits per heavy atom. The Hall–Kier alpha value is -3.68. The Kier molecular flexibility index (Phi) is 5.46. The summed E-state index contributed by atoms with van der Waals surface area (Å²) in [5.74, 6) is 0.118. The maximum Gasteiger partial charge on any atom is 0.323 e. The minimum atomic E-state index is -0.523. The number of halogens is 1. The zero-order valence-electron chi connectivity index (χ0n) is 14.9. The largest absolute Gasteiger partial charge is 0.376 e. The molecule has 27 heavy (non-hydrogen) atoms. The number of anilines is 5. The molecule has 0 radical (unpaired) electrons. The van der Waals surface area contributed by atoms with Gasteiger partial charge in [-0.3, -0.25) is 0 Å². The Labute approximate surface area is 156 Å². The van der Waals surface area contributed by atoms with Crippen molar-refractivity contribution in [3.8, 4) is 0 Å². The first-order valence-electron chi connectivity index (χ1n) is 8.21. The lowest BCUT2D eigenvalue weighted by Gasteiger charge is -2.13. The van der Waals surface area contributed by atoms with E-state index in [9.17, 15) is 9.18 Å². The molecule has 0 aliphatic carbocycles. The van der Waals surface area contributed by atoms with Crippen LogP contribution in [0.3, 0.4) is 0 Å². The molecule has 2 amide bonds. The van der Waals surface area contributed by atoms with Gasteiger partial charge in [0.25, 0.3) is 0 Å². The third kappa shape index (κ3) is 4.91. The van der Waals surface area contributed by atoms with Crippen molar-refractivity contribution in [3.63, 3.8) is 0 Å². The highest BCUT2D eigenvalue weighted by Gasteiger charge is 2.07. The predicted octanol–water partition coefficient (Wildman–Crippen LogP) is 4.07. The molecule has 138 valence electrons. The highest BCUT2D eigenvalue weighted by molar-refractivity contribution is 5.99. The molecular formula is C19H19FN6O. The molecular weight excluding hydrogens is 347 g/mol. The molecule has 7 nitrogen and oxygen atoms in total. The van der Waals surface area contributed by atoms with Gasteiger partial charge < -0.3 is 20.9 Å². The molecule has 1 heterocycles. The number of aromatic nitrogens is 2. The number of rotatable bonds is 5. The molecule has 0 bridgehead atoms. The molecule has 3 N–H and O–H groups in total. The molecule has 2 aromatic carbocycles. The summed E-state index contributed by atoms with van der Waals surface area (Å²) >= 11 is 0. The van der Waals surface area contributed by atoms with Gasteiger partial charge in [0.15, 0.2) is 5.82 Å². The summed E-state index contributed by atoms with van der Waals surface area (Å²) in [6, 6.07) is 14.4. The molecule has 0 fully saturated rings. The second-order valence-electron chi connectivity index (χ2n) is 5.95.